The fourth-order valence-corrected chi connectivity index (χ4v) is 2.84. The van der Waals surface area contributed by atoms with E-state index in [0.29, 0.717) is 17.8 Å². The van der Waals surface area contributed by atoms with Crippen molar-refractivity contribution < 1.29 is 4.79 Å². The van der Waals surface area contributed by atoms with Gasteiger partial charge >= 0.3 is 0 Å². The minimum atomic E-state index is -0.350. The van der Waals surface area contributed by atoms with Gasteiger partial charge in [0.05, 0.1) is 24.6 Å². The molecule has 0 unspecified atom stereocenters. The van der Waals surface area contributed by atoms with Crippen LogP contribution in [0.2, 0.25) is 0 Å². The Labute approximate surface area is 138 Å². The lowest BCUT2D eigenvalue weighted by Crippen LogP contribution is -2.33. The lowest BCUT2D eigenvalue weighted by molar-refractivity contribution is 0.0947. The summed E-state index contributed by atoms with van der Waals surface area (Å²) in [4.78, 5) is 33.4. The highest BCUT2D eigenvalue weighted by Gasteiger charge is 2.27. The minimum absolute atomic E-state index is 0.211. The van der Waals surface area contributed by atoms with Crippen LogP contribution in [0.1, 0.15) is 40.5 Å². The highest BCUT2D eigenvalue weighted by Crippen LogP contribution is 2.33. The number of carbonyl (C=O) groups excluding carboxylic acids is 1. The van der Waals surface area contributed by atoms with Crippen molar-refractivity contribution in [3.8, 4) is 0 Å². The van der Waals surface area contributed by atoms with Crippen molar-refractivity contribution in [1.82, 2.24) is 24.3 Å². The predicted octanol–water partition coefficient (Wildman–Crippen LogP) is 1.46. The average Bonchev–Trinajstić information content (AvgIpc) is 3.33. The molecule has 4 rings (SSSR count). The van der Waals surface area contributed by atoms with E-state index >= 15 is 0 Å². The lowest BCUT2D eigenvalue weighted by atomic mass is 10.1. The molecule has 7 nitrogen and oxygen atoms in total. The molecular weight excluding hydrogens is 306 g/mol. The third-order valence-electron chi connectivity index (χ3n) is 4.32. The molecule has 0 aliphatic heterocycles. The third kappa shape index (κ3) is 2.47. The summed E-state index contributed by atoms with van der Waals surface area (Å²) in [6.45, 7) is 2.08. The van der Waals surface area contributed by atoms with Crippen LogP contribution in [-0.4, -0.2) is 24.8 Å². The largest absolute Gasteiger partial charge is 0.346 e. The Bertz CT molecular complexity index is 984. The summed E-state index contributed by atoms with van der Waals surface area (Å²) in [5, 5.41) is 2.83. The molecule has 24 heavy (non-hydrogen) atoms. The summed E-state index contributed by atoms with van der Waals surface area (Å²) in [6, 6.07) is 2.07. The van der Waals surface area contributed by atoms with Crippen molar-refractivity contribution in [2.24, 2.45) is 0 Å². The number of amides is 1. The molecule has 1 N–H and O–H groups in total. The molecule has 1 fully saturated rings. The van der Waals surface area contributed by atoms with Crippen LogP contribution in [0.25, 0.3) is 5.65 Å². The molecule has 122 valence electrons. The first-order valence-electron chi connectivity index (χ1n) is 7.91. The fraction of sp³-hybridized carbons (Fsp3) is 0.294. The fourth-order valence-electron chi connectivity index (χ4n) is 2.84. The van der Waals surface area contributed by atoms with Gasteiger partial charge < -0.3 is 9.88 Å². The summed E-state index contributed by atoms with van der Waals surface area (Å²) in [7, 11) is 0. The molecule has 3 aromatic rings. The lowest BCUT2D eigenvalue weighted by Gasteiger charge is -2.10. The van der Waals surface area contributed by atoms with Crippen LogP contribution in [-0.2, 0) is 6.54 Å². The molecule has 1 saturated carbocycles. The zero-order valence-electron chi connectivity index (χ0n) is 13.3. The number of pyridine rings is 1. The van der Waals surface area contributed by atoms with Gasteiger partial charge in [0.2, 0.25) is 0 Å². The SMILES string of the molecule is Cc1ccn(C2CC2)c(=O)c1C(=O)NCc1cnc2cnccn12. The molecule has 0 bridgehead atoms. The summed E-state index contributed by atoms with van der Waals surface area (Å²) >= 11 is 0. The van der Waals surface area contributed by atoms with Crippen molar-refractivity contribution >= 4 is 11.6 Å². The van der Waals surface area contributed by atoms with E-state index in [4.69, 9.17) is 0 Å². The number of fused-ring (bicyclic) bond motifs is 1. The normalized spacial score (nSPS) is 14.0. The van der Waals surface area contributed by atoms with E-state index in [1.807, 2.05) is 10.5 Å². The van der Waals surface area contributed by atoms with E-state index in [2.05, 4.69) is 15.3 Å². The smallest absolute Gasteiger partial charge is 0.263 e. The van der Waals surface area contributed by atoms with Gasteiger partial charge in [0, 0.05) is 24.6 Å². The zero-order chi connectivity index (χ0) is 16.7. The molecule has 1 aliphatic rings. The quantitative estimate of drug-likeness (QED) is 0.788. The minimum Gasteiger partial charge on any atom is -0.346 e. The predicted molar refractivity (Wildman–Crippen MR) is 87.9 cm³/mol. The molecule has 1 aliphatic carbocycles. The molecule has 7 heteroatoms. The van der Waals surface area contributed by atoms with Gasteiger partial charge in [-0.15, -0.1) is 0 Å². The van der Waals surface area contributed by atoms with Crippen LogP contribution in [0.15, 0.2) is 41.8 Å². The third-order valence-corrected chi connectivity index (χ3v) is 4.32. The number of carbonyl (C=O) groups is 1. The molecule has 3 aromatic heterocycles. The van der Waals surface area contributed by atoms with Crippen molar-refractivity contribution in [3.63, 3.8) is 0 Å². The summed E-state index contributed by atoms with van der Waals surface area (Å²) < 4.78 is 3.52. The van der Waals surface area contributed by atoms with Crippen LogP contribution in [0.3, 0.4) is 0 Å². The molecule has 0 radical (unpaired) electrons. The Kier molecular flexibility index (Phi) is 3.41. The molecule has 1 amide bonds. The second-order valence-corrected chi connectivity index (χ2v) is 6.05. The number of aromatic nitrogens is 4. The van der Waals surface area contributed by atoms with E-state index in [9.17, 15) is 9.59 Å². The molecule has 0 aromatic carbocycles. The summed E-state index contributed by atoms with van der Waals surface area (Å²) in [5.74, 6) is -0.350. The van der Waals surface area contributed by atoms with E-state index in [-0.39, 0.29) is 23.1 Å². The van der Waals surface area contributed by atoms with E-state index < -0.39 is 0 Å². The Balaban J connectivity index is 1.58. The van der Waals surface area contributed by atoms with E-state index in [1.54, 1.807) is 42.5 Å². The van der Waals surface area contributed by atoms with Crippen LogP contribution in [0.4, 0.5) is 0 Å². The number of hydrogen-bond acceptors (Lipinski definition) is 4. The molecule has 3 heterocycles. The van der Waals surface area contributed by atoms with E-state index in [1.165, 1.54) is 0 Å². The first-order chi connectivity index (χ1) is 11.6. The number of hydrogen-bond donors (Lipinski definition) is 1. The van der Waals surface area contributed by atoms with Crippen molar-refractivity contribution in [2.75, 3.05) is 0 Å². The van der Waals surface area contributed by atoms with Gasteiger partial charge in [-0.2, -0.15) is 0 Å². The Morgan fingerprint density at radius 1 is 1.33 bits per heavy atom. The highest BCUT2D eigenvalue weighted by molar-refractivity contribution is 5.95. The maximum absolute atomic E-state index is 12.6. The van der Waals surface area contributed by atoms with Gasteiger partial charge in [-0.3, -0.25) is 19.0 Å². The van der Waals surface area contributed by atoms with Crippen molar-refractivity contribution in [2.45, 2.75) is 32.4 Å². The zero-order valence-corrected chi connectivity index (χ0v) is 13.3. The Hall–Kier alpha value is -2.96. The second-order valence-electron chi connectivity index (χ2n) is 6.05. The summed E-state index contributed by atoms with van der Waals surface area (Å²) in [6.07, 6.45) is 10.6. The van der Waals surface area contributed by atoms with Gasteiger partial charge in [0.15, 0.2) is 5.65 Å². The van der Waals surface area contributed by atoms with Crippen molar-refractivity contribution in [3.05, 3.63) is 64.2 Å². The molecule has 0 spiro atoms. The van der Waals surface area contributed by atoms with Crippen LogP contribution in [0, 0.1) is 6.92 Å². The number of nitrogens with zero attached hydrogens (tertiary/aromatic N) is 4. The average molecular weight is 323 g/mol. The van der Waals surface area contributed by atoms with Crippen LogP contribution >= 0.6 is 0 Å². The Morgan fingerprint density at radius 3 is 2.96 bits per heavy atom. The Morgan fingerprint density at radius 2 is 2.17 bits per heavy atom. The maximum Gasteiger partial charge on any atom is 0.263 e. The van der Waals surface area contributed by atoms with Crippen LogP contribution < -0.4 is 10.9 Å². The number of nitrogens with one attached hydrogen (secondary N) is 1. The molecule has 0 saturated heterocycles. The van der Waals surface area contributed by atoms with Gasteiger partial charge in [-0.05, 0) is 31.4 Å². The number of imidazole rings is 1. The van der Waals surface area contributed by atoms with E-state index in [0.717, 1.165) is 18.5 Å². The van der Waals surface area contributed by atoms with Gasteiger partial charge in [-0.1, -0.05) is 0 Å². The first kappa shape index (κ1) is 14.6. The van der Waals surface area contributed by atoms with Gasteiger partial charge in [0.25, 0.3) is 11.5 Å². The molecule has 0 atom stereocenters. The maximum atomic E-state index is 12.6. The van der Waals surface area contributed by atoms with Crippen molar-refractivity contribution in [1.29, 1.82) is 0 Å². The molecular formula is C17H17N5O2. The monoisotopic (exact) mass is 323 g/mol. The summed E-state index contributed by atoms with van der Waals surface area (Å²) in [5.41, 5.74) is 2.25. The highest BCUT2D eigenvalue weighted by atomic mass is 16.2. The number of aryl methyl sites for hydroxylation is 1. The van der Waals surface area contributed by atoms with Crippen LogP contribution in [0.5, 0.6) is 0 Å². The standard InChI is InChI=1S/C17H17N5O2/c1-11-4-6-22(12-2-3-12)17(24)15(11)16(23)20-9-13-8-19-14-10-18-5-7-21(13)14/h4-8,10,12H,2-3,9H2,1H3,(H,20,23). The second kappa shape index (κ2) is 5.59. The van der Waals surface area contributed by atoms with Gasteiger partial charge in [-0.25, -0.2) is 4.98 Å². The number of rotatable bonds is 4. The topological polar surface area (TPSA) is 81.3 Å². The van der Waals surface area contributed by atoms with Gasteiger partial charge in [0.1, 0.15) is 5.56 Å². The first-order valence-corrected chi connectivity index (χ1v) is 7.91.